The van der Waals surface area contributed by atoms with E-state index < -0.39 is 0 Å². The number of hydrogen-bond donors (Lipinski definition) is 2. The van der Waals surface area contributed by atoms with Crippen LogP contribution in [0.25, 0.3) is 0 Å². The van der Waals surface area contributed by atoms with Gasteiger partial charge in [-0.05, 0) is 49.4 Å². The number of anilines is 1. The molecule has 1 rings (SSSR count). The average Bonchev–Trinajstić information content (AvgIpc) is 2.45. The van der Waals surface area contributed by atoms with Crippen molar-refractivity contribution in [3.8, 4) is 6.07 Å². The third-order valence-corrected chi connectivity index (χ3v) is 3.92. The van der Waals surface area contributed by atoms with E-state index in [1.807, 2.05) is 6.07 Å². The molecule has 3 N–H and O–H groups in total. The number of amides is 1. The molecule has 0 saturated heterocycles. The van der Waals surface area contributed by atoms with E-state index in [1.165, 1.54) is 0 Å². The van der Waals surface area contributed by atoms with Crippen LogP contribution in [-0.2, 0) is 4.79 Å². The monoisotopic (exact) mass is 307 g/mol. The van der Waals surface area contributed by atoms with Gasteiger partial charge in [0, 0.05) is 12.1 Å². The summed E-state index contributed by atoms with van der Waals surface area (Å²) in [5.41, 5.74) is 6.56. The van der Waals surface area contributed by atoms with Crippen LogP contribution < -0.4 is 11.1 Å². The molecule has 114 valence electrons. The standard InChI is InChI=1S/C16H22ClN3O/c1-11(2)12(7-8-18)3-6-16(21)20-14-4-5-15(17)13(9-14)10-19/h4-5,9,11-12H,3,6-8,18H2,1-2H3,(H,20,21). The van der Waals surface area contributed by atoms with Crippen molar-refractivity contribution in [1.29, 1.82) is 5.26 Å². The minimum atomic E-state index is -0.0520. The Morgan fingerprint density at radius 2 is 2.14 bits per heavy atom. The molecule has 1 amide bonds. The second-order valence-electron chi connectivity index (χ2n) is 5.47. The van der Waals surface area contributed by atoms with Gasteiger partial charge in [0.05, 0.1) is 10.6 Å². The fraction of sp³-hybridized carbons (Fsp3) is 0.500. The van der Waals surface area contributed by atoms with E-state index in [2.05, 4.69) is 19.2 Å². The average molecular weight is 308 g/mol. The van der Waals surface area contributed by atoms with E-state index in [9.17, 15) is 4.79 Å². The fourth-order valence-corrected chi connectivity index (χ4v) is 2.41. The Balaban J connectivity index is 2.56. The molecule has 0 heterocycles. The Kier molecular flexibility index (Phi) is 7.21. The Labute approximate surface area is 131 Å². The predicted molar refractivity (Wildman–Crippen MR) is 86.0 cm³/mol. The SMILES string of the molecule is CC(C)C(CCN)CCC(=O)Nc1ccc(Cl)c(C#N)c1. The molecule has 0 bridgehead atoms. The number of halogens is 1. The summed E-state index contributed by atoms with van der Waals surface area (Å²) in [7, 11) is 0. The minimum Gasteiger partial charge on any atom is -0.330 e. The Morgan fingerprint density at radius 3 is 2.71 bits per heavy atom. The first-order valence-corrected chi connectivity index (χ1v) is 7.55. The number of nitrogens with one attached hydrogen (secondary N) is 1. The molecule has 0 spiro atoms. The summed E-state index contributed by atoms with van der Waals surface area (Å²) in [5.74, 6) is 0.923. The van der Waals surface area contributed by atoms with E-state index >= 15 is 0 Å². The molecule has 0 aliphatic carbocycles. The third kappa shape index (κ3) is 5.74. The first kappa shape index (κ1) is 17.5. The Hall–Kier alpha value is -1.57. The van der Waals surface area contributed by atoms with E-state index in [0.29, 0.717) is 41.1 Å². The Morgan fingerprint density at radius 1 is 1.43 bits per heavy atom. The van der Waals surface area contributed by atoms with Crippen LogP contribution in [-0.4, -0.2) is 12.5 Å². The smallest absolute Gasteiger partial charge is 0.224 e. The van der Waals surface area contributed by atoms with Gasteiger partial charge in [0.15, 0.2) is 0 Å². The second-order valence-corrected chi connectivity index (χ2v) is 5.88. The van der Waals surface area contributed by atoms with Gasteiger partial charge in [0.25, 0.3) is 0 Å². The summed E-state index contributed by atoms with van der Waals surface area (Å²) in [6.45, 7) is 4.94. The van der Waals surface area contributed by atoms with Crippen molar-refractivity contribution in [2.45, 2.75) is 33.1 Å². The fourth-order valence-electron chi connectivity index (χ4n) is 2.25. The highest BCUT2D eigenvalue weighted by Crippen LogP contribution is 2.22. The van der Waals surface area contributed by atoms with Gasteiger partial charge in [-0.2, -0.15) is 5.26 Å². The minimum absolute atomic E-state index is 0.0520. The molecule has 1 aromatic carbocycles. The summed E-state index contributed by atoms with van der Waals surface area (Å²) in [5, 5.41) is 12.1. The first-order chi connectivity index (χ1) is 9.97. The number of nitrogens with zero attached hydrogens (tertiary/aromatic N) is 1. The maximum atomic E-state index is 12.0. The number of benzene rings is 1. The molecular weight excluding hydrogens is 286 g/mol. The molecule has 1 atom stereocenters. The molecule has 0 saturated carbocycles. The van der Waals surface area contributed by atoms with Gasteiger partial charge in [0.2, 0.25) is 5.91 Å². The summed E-state index contributed by atoms with van der Waals surface area (Å²) in [4.78, 5) is 12.0. The maximum Gasteiger partial charge on any atom is 0.224 e. The topological polar surface area (TPSA) is 78.9 Å². The van der Waals surface area contributed by atoms with E-state index in [1.54, 1.807) is 18.2 Å². The highest BCUT2D eigenvalue weighted by atomic mass is 35.5. The first-order valence-electron chi connectivity index (χ1n) is 7.17. The van der Waals surface area contributed by atoms with Crippen LogP contribution in [0.1, 0.15) is 38.7 Å². The van der Waals surface area contributed by atoms with Gasteiger partial charge in [-0.25, -0.2) is 0 Å². The van der Waals surface area contributed by atoms with Crippen molar-refractivity contribution in [3.05, 3.63) is 28.8 Å². The van der Waals surface area contributed by atoms with E-state index in [-0.39, 0.29) is 5.91 Å². The molecular formula is C16H22ClN3O. The van der Waals surface area contributed by atoms with Crippen LogP contribution >= 0.6 is 11.6 Å². The largest absolute Gasteiger partial charge is 0.330 e. The van der Waals surface area contributed by atoms with Crippen LogP contribution in [0.5, 0.6) is 0 Å². The molecule has 0 fully saturated rings. The van der Waals surface area contributed by atoms with Gasteiger partial charge < -0.3 is 11.1 Å². The summed E-state index contributed by atoms with van der Waals surface area (Å²) >= 11 is 5.86. The molecule has 0 radical (unpaired) electrons. The number of hydrogen-bond acceptors (Lipinski definition) is 3. The zero-order valence-electron chi connectivity index (χ0n) is 12.5. The van der Waals surface area contributed by atoms with Crippen molar-refractivity contribution in [3.63, 3.8) is 0 Å². The molecule has 0 aromatic heterocycles. The van der Waals surface area contributed by atoms with Crippen molar-refractivity contribution < 1.29 is 4.79 Å². The normalized spacial score (nSPS) is 12.0. The molecule has 4 nitrogen and oxygen atoms in total. The summed E-state index contributed by atoms with van der Waals surface area (Å²) < 4.78 is 0. The zero-order valence-corrected chi connectivity index (χ0v) is 13.3. The zero-order chi connectivity index (χ0) is 15.8. The quantitative estimate of drug-likeness (QED) is 0.808. The highest BCUT2D eigenvalue weighted by Gasteiger charge is 2.14. The van der Waals surface area contributed by atoms with Crippen LogP contribution in [0.3, 0.4) is 0 Å². The number of carbonyl (C=O) groups excluding carboxylic acids is 1. The lowest BCUT2D eigenvalue weighted by Gasteiger charge is -2.19. The number of nitrogens with two attached hydrogens (primary N) is 1. The van der Waals surface area contributed by atoms with Gasteiger partial charge in [-0.15, -0.1) is 0 Å². The van der Waals surface area contributed by atoms with Crippen LogP contribution in [0.15, 0.2) is 18.2 Å². The van der Waals surface area contributed by atoms with Gasteiger partial charge in [0.1, 0.15) is 6.07 Å². The summed E-state index contributed by atoms with van der Waals surface area (Å²) in [6.07, 6.45) is 2.21. The molecule has 1 unspecified atom stereocenters. The van der Waals surface area contributed by atoms with Crippen LogP contribution in [0, 0.1) is 23.2 Å². The predicted octanol–water partition coefficient (Wildman–Crippen LogP) is 3.55. The maximum absolute atomic E-state index is 12.0. The van der Waals surface area contributed by atoms with Gasteiger partial charge >= 0.3 is 0 Å². The summed E-state index contributed by atoms with van der Waals surface area (Å²) in [6, 6.07) is 6.88. The lowest BCUT2D eigenvalue weighted by atomic mass is 9.88. The van der Waals surface area contributed by atoms with Gasteiger partial charge in [-0.3, -0.25) is 4.79 Å². The van der Waals surface area contributed by atoms with E-state index in [0.717, 1.165) is 12.8 Å². The van der Waals surface area contributed by atoms with Crippen LogP contribution in [0.2, 0.25) is 5.02 Å². The molecule has 21 heavy (non-hydrogen) atoms. The Bertz CT molecular complexity index is 523. The van der Waals surface area contributed by atoms with Crippen molar-refractivity contribution >= 4 is 23.2 Å². The van der Waals surface area contributed by atoms with Crippen LogP contribution in [0.4, 0.5) is 5.69 Å². The number of nitriles is 1. The third-order valence-electron chi connectivity index (χ3n) is 3.59. The molecule has 1 aromatic rings. The number of carbonyl (C=O) groups is 1. The van der Waals surface area contributed by atoms with Crippen molar-refractivity contribution in [2.75, 3.05) is 11.9 Å². The highest BCUT2D eigenvalue weighted by molar-refractivity contribution is 6.31. The molecule has 0 aliphatic rings. The second kappa shape index (κ2) is 8.66. The van der Waals surface area contributed by atoms with Gasteiger partial charge in [-0.1, -0.05) is 25.4 Å². The lowest BCUT2D eigenvalue weighted by Crippen LogP contribution is -2.18. The number of rotatable bonds is 7. The van der Waals surface area contributed by atoms with Crippen molar-refractivity contribution in [1.82, 2.24) is 0 Å². The molecule has 5 heteroatoms. The van der Waals surface area contributed by atoms with E-state index in [4.69, 9.17) is 22.6 Å². The lowest BCUT2D eigenvalue weighted by molar-refractivity contribution is -0.116. The van der Waals surface area contributed by atoms with Crippen molar-refractivity contribution in [2.24, 2.45) is 17.6 Å². The molecule has 0 aliphatic heterocycles.